The molecule has 2 aromatic heterocycles. The van der Waals surface area contributed by atoms with E-state index in [9.17, 15) is 19.1 Å². The quantitative estimate of drug-likeness (QED) is 0.158. The van der Waals surface area contributed by atoms with Crippen LogP contribution in [0.25, 0.3) is 22.2 Å². The molecule has 5 rings (SSSR count). The highest BCUT2D eigenvalue weighted by Gasteiger charge is 2.22. The van der Waals surface area contributed by atoms with Gasteiger partial charge in [0.05, 0.1) is 16.6 Å². The summed E-state index contributed by atoms with van der Waals surface area (Å²) in [6.45, 7) is 1.65. The third-order valence-electron chi connectivity index (χ3n) is 6.50. The first-order chi connectivity index (χ1) is 19.2. The lowest BCUT2D eigenvalue weighted by atomic mass is 10.1. The summed E-state index contributed by atoms with van der Waals surface area (Å²) in [6.07, 6.45) is 0.386. The molecule has 2 amide bonds. The molecule has 0 fully saturated rings. The van der Waals surface area contributed by atoms with Crippen LogP contribution < -0.4 is 16.2 Å². The van der Waals surface area contributed by atoms with E-state index < -0.39 is 23.4 Å². The average molecular weight is 580 g/mol. The van der Waals surface area contributed by atoms with Crippen LogP contribution in [0, 0.1) is 12.7 Å². The van der Waals surface area contributed by atoms with Gasteiger partial charge in [-0.2, -0.15) is 0 Å². The summed E-state index contributed by atoms with van der Waals surface area (Å²) in [6, 6.07) is 17.4. The maximum Gasteiger partial charge on any atom is 0.315 e. The van der Waals surface area contributed by atoms with Gasteiger partial charge in [-0.3, -0.25) is 4.79 Å². The number of pyridine rings is 1. The number of aryl methyl sites for hydroxylation is 1. The number of H-pyrrole nitrogens is 2. The minimum Gasteiger partial charge on any atom is -0.507 e. The Morgan fingerprint density at radius 3 is 2.62 bits per heavy atom. The molecule has 0 spiro atoms. The van der Waals surface area contributed by atoms with Gasteiger partial charge in [-0.25, -0.2) is 14.2 Å². The molecule has 5 N–H and O–H groups in total. The van der Waals surface area contributed by atoms with Crippen molar-refractivity contribution >= 4 is 40.1 Å². The molecule has 5 aromatic rings. The van der Waals surface area contributed by atoms with Crippen LogP contribution in [-0.2, 0) is 13.0 Å². The molecule has 1 atom stereocenters. The van der Waals surface area contributed by atoms with Crippen molar-refractivity contribution in [3.8, 4) is 17.0 Å². The first-order valence-corrected chi connectivity index (χ1v) is 13.1. The number of benzene rings is 3. The molecule has 8 nitrogen and oxygen atoms in total. The van der Waals surface area contributed by atoms with Gasteiger partial charge >= 0.3 is 6.03 Å². The highest BCUT2D eigenvalue weighted by Crippen LogP contribution is 2.32. The molecule has 1 unspecified atom stereocenters. The molecule has 40 heavy (non-hydrogen) atoms. The summed E-state index contributed by atoms with van der Waals surface area (Å²) in [5.41, 5.74) is 2.88. The molecule has 0 aliphatic rings. The van der Waals surface area contributed by atoms with E-state index in [1.54, 1.807) is 31.2 Å². The zero-order chi connectivity index (χ0) is 28.4. The maximum absolute atomic E-state index is 14.3. The number of imidazole rings is 1. The van der Waals surface area contributed by atoms with E-state index in [0.717, 1.165) is 11.6 Å². The van der Waals surface area contributed by atoms with Crippen molar-refractivity contribution in [2.24, 2.45) is 0 Å². The summed E-state index contributed by atoms with van der Waals surface area (Å²) in [5.74, 6) is -0.285. The van der Waals surface area contributed by atoms with Gasteiger partial charge in [0.1, 0.15) is 28.2 Å². The lowest BCUT2D eigenvalue weighted by Gasteiger charge is -2.18. The van der Waals surface area contributed by atoms with E-state index in [-0.39, 0.29) is 28.0 Å². The summed E-state index contributed by atoms with van der Waals surface area (Å²) >= 11 is 12.8. The SMILES string of the molecule is Cc1ccc(F)c(CNC(=O)NC(Cc2ccccc2)c2nc(-c3ccc4[nH]c(=O)cc(O)c4c3)c(Cl)[nH]2)c1Cl. The van der Waals surface area contributed by atoms with Gasteiger partial charge in [0.15, 0.2) is 0 Å². The van der Waals surface area contributed by atoms with Crippen LogP contribution in [0.5, 0.6) is 5.75 Å². The van der Waals surface area contributed by atoms with E-state index in [1.165, 1.54) is 6.07 Å². The molecule has 0 aliphatic carbocycles. The maximum atomic E-state index is 14.3. The van der Waals surface area contributed by atoms with Gasteiger partial charge in [0.2, 0.25) is 0 Å². The van der Waals surface area contributed by atoms with Crippen LogP contribution in [0.2, 0.25) is 10.2 Å². The molecule has 204 valence electrons. The number of hydrogen-bond acceptors (Lipinski definition) is 4. The molecule has 0 saturated carbocycles. The first kappa shape index (κ1) is 27.2. The number of carbonyl (C=O) groups excluding carboxylic acids is 1. The second kappa shape index (κ2) is 11.4. The lowest BCUT2D eigenvalue weighted by Crippen LogP contribution is -2.39. The predicted molar refractivity (Wildman–Crippen MR) is 153 cm³/mol. The number of aromatic hydroxyl groups is 1. The van der Waals surface area contributed by atoms with Crippen LogP contribution in [0.15, 0.2) is 71.5 Å². The molecule has 3 aromatic carbocycles. The van der Waals surface area contributed by atoms with Crippen molar-refractivity contribution in [1.29, 1.82) is 0 Å². The van der Waals surface area contributed by atoms with Crippen LogP contribution in [0.1, 0.15) is 28.6 Å². The number of halogens is 3. The van der Waals surface area contributed by atoms with E-state index in [4.69, 9.17) is 23.2 Å². The highest BCUT2D eigenvalue weighted by molar-refractivity contribution is 6.32. The Morgan fingerprint density at radius 2 is 1.85 bits per heavy atom. The van der Waals surface area contributed by atoms with E-state index >= 15 is 0 Å². The molecular formula is C29H24Cl2FN5O3. The van der Waals surface area contributed by atoms with Gasteiger partial charge in [0.25, 0.3) is 5.56 Å². The molecule has 0 bridgehead atoms. The standard InChI is InChI=1S/C29H24Cl2FN5O3/c1-15-7-9-20(32)19(25(15)30)14-33-29(40)35-22(11-16-5-3-2-4-6-16)28-36-26(27(31)37-28)17-8-10-21-18(12-17)23(38)13-24(39)34-21/h2-10,12-13,22H,11,14H2,1H3,(H,36,37)(H2,33,35,40)(H2,34,38,39). The van der Waals surface area contributed by atoms with Crippen molar-refractivity contribution in [1.82, 2.24) is 25.6 Å². The van der Waals surface area contributed by atoms with E-state index in [1.807, 2.05) is 30.3 Å². The fourth-order valence-electron chi connectivity index (χ4n) is 4.43. The minimum absolute atomic E-state index is 0.108. The number of nitrogens with zero attached hydrogens (tertiary/aromatic N) is 1. The lowest BCUT2D eigenvalue weighted by molar-refractivity contribution is 0.236. The van der Waals surface area contributed by atoms with E-state index in [0.29, 0.717) is 40.0 Å². The third kappa shape index (κ3) is 5.80. The zero-order valence-electron chi connectivity index (χ0n) is 21.2. The smallest absolute Gasteiger partial charge is 0.315 e. The molecule has 11 heteroatoms. The van der Waals surface area contributed by atoms with Gasteiger partial charge in [-0.15, -0.1) is 0 Å². The number of nitrogens with one attached hydrogen (secondary N) is 4. The van der Waals surface area contributed by atoms with Crippen LogP contribution in [-0.4, -0.2) is 26.1 Å². The minimum atomic E-state index is -0.628. The Hall–Kier alpha value is -4.34. The van der Waals surface area contributed by atoms with Crippen LogP contribution in [0.3, 0.4) is 0 Å². The van der Waals surface area contributed by atoms with Crippen molar-refractivity contribution in [2.75, 3.05) is 0 Å². The second-order valence-electron chi connectivity index (χ2n) is 9.29. The number of aromatic nitrogens is 3. The Morgan fingerprint density at radius 1 is 1.07 bits per heavy atom. The van der Waals surface area contributed by atoms with Crippen LogP contribution in [0.4, 0.5) is 9.18 Å². The molecular weight excluding hydrogens is 556 g/mol. The third-order valence-corrected chi connectivity index (χ3v) is 7.30. The van der Waals surface area contributed by atoms with E-state index in [2.05, 4.69) is 25.6 Å². The molecule has 0 saturated heterocycles. The fourth-order valence-corrected chi connectivity index (χ4v) is 4.90. The fraction of sp³-hybridized carbons (Fsp3) is 0.138. The van der Waals surface area contributed by atoms with Crippen molar-refractivity contribution in [3.05, 3.63) is 116 Å². The van der Waals surface area contributed by atoms with Gasteiger partial charge in [-0.1, -0.05) is 65.7 Å². The van der Waals surface area contributed by atoms with Crippen molar-refractivity contribution < 1.29 is 14.3 Å². The summed E-state index contributed by atoms with van der Waals surface area (Å²) in [4.78, 5) is 35.0. The Labute approximate surface area is 238 Å². The number of carbonyl (C=O) groups is 1. The number of hydrogen-bond donors (Lipinski definition) is 5. The van der Waals surface area contributed by atoms with Gasteiger partial charge in [0, 0.05) is 29.1 Å². The molecule has 0 aliphatic heterocycles. The van der Waals surface area contributed by atoms with Gasteiger partial charge < -0.3 is 25.7 Å². The summed E-state index contributed by atoms with van der Waals surface area (Å²) in [7, 11) is 0. The van der Waals surface area contributed by atoms with Crippen LogP contribution >= 0.6 is 23.2 Å². The Balaban J connectivity index is 1.42. The Bertz CT molecular complexity index is 1770. The number of amides is 2. The van der Waals surface area contributed by atoms with Gasteiger partial charge in [-0.05, 0) is 42.7 Å². The zero-order valence-corrected chi connectivity index (χ0v) is 22.7. The molecule has 0 radical (unpaired) electrons. The summed E-state index contributed by atoms with van der Waals surface area (Å²) < 4.78 is 14.3. The first-order valence-electron chi connectivity index (χ1n) is 12.3. The van der Waals surface area contributed by atoms with Crippen molar-refractivity contribution in [3.63, 3.8) is 0 Å². The molecule has 2 heterocycles. The summed E-state index contributed by atoms with van der Waals surface area (Å²) in [5, 5.41) is 16.7. The monoisotopic (exact) mass is 579 g/mol. The number of fused-ring (bicyclic) bond motifs is 1. The number of rotatable bonds is 7. The Kier molecular flexibility index (Phi) is 7.77. The predicted octanol–water partition coefficient (Wildman–Crippen LogP) is 6.16. The normalized spacial score (nSPS) is 11.9. The van der Waals surface area contributed by atoms with Crippen molar-refractivity contribution in [2.45, 2.75) is 25.9 Å². The number of urea groups is 1. The topological polar surface area (TPSA) is 123 Å². The number of aromatic amines is 2. The largest absolute Gasteiger partial charge is 0.507 e. The average Bonchev–Trinajstić information content (AvgIpc) is 3.32. The second-order valence-corrected chi connectivity index (χ2v) is 10.0. The highest BCUT2D eigenvalue weighted by atomic mass is 35.5.